The third-order valence-electron chi connectivity index (χ3n) is 3.12. The van der Waals surface area contributed by atoms with E-state index in [0.717, 1.165) is 36.0 Å². The fraction of sp³-hybridized carbons (Fsp3) is 0.357. The lowest BCUT2D eigenvalue weighted by atomic mass is 9.87. The Bertz CT molecular complexity index is 548. The van der Waals surface area contributed by atoms with Gasteiger partial charge >= 0.3 is 5.97 Å². The smallest absolute Gasteiger partial charge is 0.331 e. The third-order valence-corrected chi connectivity index (χ3v) is 3.12. The number of carbonyl (C=O) groups excluding carboxylic acids is 1. The highest BCUT2D eigenvalue weighted by Crippen LogP contribution is 2.33. The van der Waals surface area contributed by atoms with Crippen LogP contribution in [-0.2, 0) is 16.0 Å². The second-order valence-electron chi connectivity index (χ2n) is 4.37. The van der Waals surface area contributed by atoms with Crippen LogP contribution < -0.4 is 0 Å². The number of non-ortho nitro benzene ring substituents is 1. The second kappa shape index (κ2) is 5.65. The first kappa shape index (κ1) is 13.3. The first-order valence-electron chi connectivity index (χ1n) is 6.27. The summed E-state index contributed by atoms with van der Waals surface area (Å²) in [6.07, 6.45) is 4.02. The molecule has 0 spiro atoms. The minimum atomic E-state index is -0.420. The van der Waals surface area contributed by atoms with Crippen LogP contribution in [0.5, 0.6) is 0 Å². The number of allylic oxidation sites excluding steroid dienone is 1. The van der Waals surface area contributed by atoms with Crippen molar-refractivity contribution >= 4 is 17.2 Å². The number of nitro benzene ring substituents is 1. The van der Waals surface area contributed by atoms with Gasteiger partial charge < -0.3 is 4.74 Å². The molecule has 0 aliphatic heterocycles. The van der Waals surface area contributed by atoms with Crippen molar-refractivity contribution in [3.8, 4) is 0 Å². The number of carbonyl (C=O) groups is 1. The van der Waals surface area contributed by atoms with Crippen LogP contribution in [0, 0.1) is 10.1 Å². The molecular formula is C14H15NO4. The highest BCUT2D eigenvalue weighted by Gasteiger charge is 2.18. The molecule has 0 saturated carbocycles. The molecule has 1 aliphatic rings. The molecule has 0 fully saturated rings. The Morgan fingerprint density at radius 3 is 2.95 bits per heavy atom. The number of benzene rings is 1. The quantitative estimate of drug-likeness (QED) is 0.363. The van der Waals surface area contributed by atoms with Crippen LogP contribution in [0.25, 0.3) is 5.57 Å². The molecule has 0 saturated heterocycles. The Morgan fingerprint density at radius 2 is 2.26 bits per heavy atom. The summed E-state index contributed by atoms with van der Waals surface area (Å²) in [5, 5.41) is 10.8. The van der Waals surface area contributed by atoms with E-state index in [4.69, 9.17) is 4.74 Å². The molecule has 0 aromatic heterocycles. The predicted molar refractivity (Wildman–Crippen MR) is 70.6 cm³/mol. The van der Waals surface area contributed by atoms with Crippen LogP contribution >= 0.6 is 0 Å². The van der Waals surface area contributed by atoms with E-state index < -0.39 is 10.9 Å². The standard InChI is InChI=1S/C14H15NO4/c1-2-19-14(16)8-11-5-3-4-10-6-7-12(15(17)18)9-13(10)11/h6-9H,2-5H2,1H3/b11-8-. The Morgan fingerprint density at radius 1 is 1.47 bits per heavy atom. The summed E-state index contributed by atoms with van der Waals surface area (Å²) in [6.45, 7) is 2.07. The summed E-state index contributed by atoms with van der Waals surface area (Å²) in [7, 11) is 0. The van der Waals surface area contributed by atoms with Gasteiger partial charge in [0.25, 0.3) is 5.69 Å². The first-order valence-corrected chi connectivity index (χ1v) is 6.27. The predicted octanol–water partition coefficient (Wildman–Crippen LogP) is 2.88. The second-order valence-corrected chi connectivity index (χ2v) is 4.37. The summed E-state index contributed by atoms with van der Waals surface area (Å²) in [6, 6.07) is 4.82. The van der Waals surface area contributed by atoms with E-state index in [1.165, 1.54) is 12.1 Å². The molecule has 0 heterocycles. The molecule has 0 unspecified atom stereocenters. The fourth-order valence-electron chi connectivity index (χ4n) is 2.27. The Kier molecular flexibility index (Phi) is 3.94. The van der Waals surface area contributed by atoms with Gasteiger partial charge in [0.1, 0.15) is 0 Å². The molecule has 5 heteroatoms. The summed E-state index contributed by atoms with van der Waals surface area (Å²) < 4.78 is 4.89. The van der Waals surface area contributed by atoms with Crippen molar-refractivity contribution in [1.29, 1.82) is 0 Å². The topological polar surface area (TPSA) is 69.4 Å². The number of aryl methyl sites for hydroxylation is 1. The molecule has 0 radical (unpaired) electrons. The molecule has 5 nitrogen and oxygen atoms in total. The van der Waals surface area contributed by atoms with Gasteiger partial charge in [0.05, 0.1) is 11.5 Å². The molecule has 0 amide bonds. The number of hydrogen-bond acceptors (Lipinski definition) is 4. The van der Waals surface area contributed by atoms with E-state index in [1.807, 2.05) is 0 Å². The fourth-order valence-corrected chi connectivity index (χ4v) is 2.27. The van der Waals surface area contributed by atoms with Gasteiger partial charge in [0, 0.05) is 18.2 Å². The Labute approximate surface area is 111 Å². The van der Waals surface area contributed by atoms with Crippen molar-refractivity contribution in [3.05, 3.63) is 45.5 Å². The van der Waals surface area contributed by atoms with Crippen molar-refractivity contribution < 1.29 is 14.5 Å². The van der Waals surface area contributed by atoms with Crippen molar-refractivity contribution in [2.45, 2.75) is 26.2 Å². The zero-order valence-electron chi connectivity index (χ0n) is 10.7. The monoisotopic (exact) mass is 261 g/mol. The maximum absolute atomic E-state index is 11.5. The van der Waals surface area contributed by atoms with E-state index in [9.17, 15) is 14.9 Å². The third kappa shape index (κ3) is 2.99. The lowest BCUT2D eigenvalue weighted by molar-refractivity contribution is -0.384. The van der Waals surface area contributed by atoms with Gasteiger partial charge in [-0.15, -0.1) is 0 Å². The maximum atomic E-state index is 11.5. The van der Waals surface area contributed by atoms with Gasteiger partial charge in [-0.05, 0) is 42.9 Å². The van der Waals surface area contributed by atoms with Gasteiger partial charge in [-0.2, -0.15) is 0 Å². The van der Waals surface area contributed by atoms with Crippen LogP contribution in [0.1, 0.15) is 30.9 Å². The molecule has 1 aliphatic carbocycles. The van der Waals surface area contributed by atoms with E-state index in [-0.39, 0.29) is 5.69 Å². The first-order chi connectivity index (χ1) is 9.11. The molecule has 1 aromatic rings. The van der Waals surface area contributed by atoms with Crippen LogP contribution in [-0.4, -0.2) is 17.5 Å². The van der Waals surface area contributed by atoms with E-state index >= 15 is 0 Å². The Hall–Kier alpha value is -2.17. The SMILES string of the molecule is CCOC(=O)/C=C1/CCCc2ccc([N+](=O)[O-])cc21. The normalized spacial score (nSPS) is 15.9. The summed E-state index contributed by atoms with van der Waals surface area (Å²) in [5.74, 6) is -0.392. The molecule has 1 aromatic carbocycles. The van der Waals surface area contributed by atoms with Crippen molar-refractivity contribution in [2.75, 3.05) is 6.61 Å². The highest BCUT2D eigenvalue weighted by molar-refractivity contribution is 5.92. The van der Waals surface area contributed by atoms with E-state index in [1.54, 1.807) is 19.1 Å². The number of fused-ring (bicyclic) bond motifs is 1. The van der Waals surface area contributed by atoms with Crippen molar-refractivity contribution in [1.82, 2.24) is 0 Å². The number of nitrogens with zero attached hydrogens (tertiary/aromatic N) is 1. The number of ether oxygens (including phenoxy) is 1. The maximum Gasteiger partial charge on any atom is 0.331 e. The average Bonchev–Trinajstić information content (AvgIpc) is 2.38. The molecule has 0 atom stereocenters. The summed E-state index contributed by atoms with van der Waals surface area (Å²) in [4.78, 5) is 21.9. The number of rotatable bonds is 3. The lowest BCUT2D eigenvalue weighted by Crippen LogP contribution is -2.06. The number of hydrogen-bond donors (Lipinski definition) is 0. The van der Waals surface area contributed by atoms with Crippen LogP contribution in [0.3, 0.4) is 0 Å². The molecule has 100 valence electrons. The van der Waals surface area contributed by atoms with Crippen molar-refractivity contribution in [3.63, 3.8) is 0 Å². The van der Waals surface area contributed by atoms with Gasteiger partial charge in [-0.1, -0.05) is 6.07 Å². The number of esters is 1. The molecular weight excluding hydrogens is 246 g/mol. The van der Waals surface area contributed by atoms with Crippen LogP contribution in [0.2, 0.25) is 0 Å². The van der Waals surface area contributed by atoms with Gasteiger partial charge in [0.2, 0.25) is 0 Å². The van der Waals surface area contributed by atoms with Gasteiger partial charge in [-0.25, -0.2) is 4.79 Å². The van der Waals surface area contributed by atoms with Gasteiger partial charge in [-0.3, -0.25) is 10.1 Å². The zero-order valence-corrected chi connectivity index (χ0v) is 10.7. The largest absolute Gasteiger partial charge is 0.463 e. The minimum absolute atomic E-state index is 0.0513. The summed E-state index contributed by atoms with van der Waals surface area (Å²) >= 11 is 0. The number of nitro groups is 1. The zero-order chi connectivity index (χ0) is 13.8. The van der Waals surface area contributed by atoms with E-state index in [0.29, 0.717) is 6.61 Å². The van der Waals surface area contributed by atoms with Gasteiger partial charge in [0.15, 0.2) is 0 Å². The molecule has 2 rings (SSSR count). The highest BCUT2D eigenvalue weighted by atomic mass is 16.6. The van der Waals surface area contributed by atoms with Crippen molar-refractivity contribution in [2.24, 2.45) is 0 Å². The molecule has 19 heavy (non-hydrogen) atoms. The van der Waals surface area contributed by atoms with E-state index in [2.05, 4.69) is 0 Å². The minimum Gasteiger partial charge on any atom is -0.463 e. The van der Waals surface area contributed by atoms with Crippen LogP contribution in [0.4, 0.5) is 5.69 Å². The summed E-state index contributed by atoms with van der Waals surface area (Å²) in [5.41, 5.74) is 2.72. The van der Waals surface area contributed by atoms with Crippen LogP contribution in [0.15, 0.2) is 24.3 Å². The molecule has 0 N–H and O–H groups in total. The average molecular weight is 261 g/mol. The lowest BCUT2D eigenvalue weighted by Gasteiger charge is -2.18. The molecule has 0 bridgehead atoms. The Balaban J connectivity index is 2.39.